The summed E-state index contributed by atoms with van der Waals surface area (Å²) in [6.45, 7) is 9.16. The lowest BCUT2D eigenvalue weighted by Crippen LogP contribution is -2.26. The van der Waals surface area contributed by atoms with Crippen LogP contribution in [0.2, 0.25) is 0 Å². The summed E-state index contributed by atoms with van der Waals surface area (Å²) >= 11 is 0. The Labute approximate surface area is 87.6 Å². The molecule has 0 bridgehead atoms. The maximum atomic E-state index is 10.3. The molecule has 1 aliphatic carbocycles. The van der Waals surface area contributed by atoms with E-state index in [4.69, 9.17) is 0 Å². The van der Waals surface area contributed by atoms with Gasteiger partial charge in [0, 0.05) is 6.42 Å². The zero-order chi connectivity index (χ0) is 10.8. The van der Waals surface area contributed by atoms with Gasteiger partial charge in [-0.3, -0.25) is 0 Å². The largest absolute Gasteiger partial charge is 0.303 e. The molecule has 0 saturated heterocycles. The molecule has 1 nitrogen and oxygen atoms in total. The molecule has 1 aliphatic rings. The lowest BCUT2D eigenvalue weighted by Gasteiger charge is -2.34. The van der Waals surface area contributed by atoms with Gasteiger partial charge in [-0.15, -0.1) is 0 Å². The first-order valence-electron chi connectivity index (χ1n) is 5.61. The van der Waals surface area contributed by atoms with Gasteiger partial charge < -0.3 is 4.79 Å². The predicted molar refractivity (Wildman–Crippen MR) is 60.1 cm³/mol. The Morgan fingerprint density at radius 1 is 1.64 bits per heavy atom. The molecule has 14 heavy (non-hydrogen) atoms. The molecule has 0 aromatic heterocycles. The van der Waals surface area contributed by atoms with Gasteiger partial charge >= 0.3 is 0 Å². The van der Waals surface area contributed by atoms with Gasteiger partial charge in [0.15, 0.2) is 0 Å². The van der Waals surface area contributed by atoms with Crippen molar-refractivity contribution in [1.82, 2.24) is 0 Å². The lowest BCUT2D eigenvalue weighted by atomic mass is 9.71. The second kappa shape index (κ2) is 4.29. The van der Waals surface area contributed by atoms with E-state index in [-0.39, 0.29) is 0 Å². The molecule has 1 unspecified atom stereocenters. The van der Waals surface area contributed by atoms with E-state index in [1.165, 1.54) is 12.0 Å². The van der Waals surface area contributed by atoms with E-state index >= 15 is 0 Å². The highest BCUT2D eigenvalue weighted by atomic mass is 16.1. The van der Waals surface area contributed by atoms with E-state index in [0.717, 1.165) is 18.6 Å². The fourth-order valence-corrected chi connectivity index (χ4v) is 2.63. The van der Waals surface area contributed by atoms with Gasteiger partial charge in [-0.1, -0.05) is 32.4 Å². The summed E-state index contributed by atoms with van der Waals surface area (Å²) in [5, 5.41) is 0. The summed E-state index contributed by atoms with van der Waals surface area (Å²) in [6.07, 6.45) is 6.35. The van der Waals surface area contributed by atoms with Gasteiger partial charge in [-0.25, -0.2) is 0 Å². The molecule has 2 atom stereocenters. The highest BCUT2D eigenvalue weighted by Gasteiger charge is 2.37. The van der Waals surface area contributed by atoms with Crippen LogP contribution in [-0.2, 0) is 4.79 Å². The zero-order valence-electron chi connectivity index (χ0n) is 9.84. The summed E-state index contributed by atoms with van der Waals surface area (Å²) in [5.41, 5.74) is 1.85. The van der Waals surface area contributed by atoms with E-state index in [0.29, 0.717) is 17.8 Å². The molecule has 0 heterocycles. The number of rotatable bonds is 4. The van der Waals surface area contributed by atoms with Gasteiger partial charge in [-0.05, 0) is 37.0 Å². The third kappa shape index (κ3) is 2.08. The van der Waals surface area contributed by atoms with Crippen LogP contribution in [0.1, 0.15) is 47.0 Å². The van der Waals surface area contributed by atoms with E-state index < -0.39 is 0 Å². The first-order chi connectivity index (χ1) is 6.50. The quantitative estimate of drug-likeness (QED) is 0.493. The van der Waals surface area contributed by atoms with E-state index in [2.05, 4.69) is 33.8 Å². The van der Waals surface area contributed by atoms with Crippen molar-refractivity contribution in [2.24, 2.45) is 17.3 Å². The Morgan fingerprint density at radius 3 is 2.71 bits per heavy atom. The maximum absolute atomic E-state index is 10.3. The number of aldehydes is 1. The van der Waals surface area contributed by atoms with Crippen molar-refractivity contribution in [3.63, 3.8) is 0 Å². The molecular weight excluding hydrogens is 172 g/mol. The SMILES string of the molecule is CC1=CCC([C@@H](C)CCC=O)C1(C)C. The Bertz CT molecular complexity index is 238. The van der Waals surface area contributed by atoms with Crippen LogP contribution in [0, 0.1) is 17.3 Å². The fraction of sp³-hybridized carbons (Fsp3) is 0.769. The Kier molecular flexibility index (Phi) is 3.52. The Hall–Kier alpha value is -0.590. The minimum atomic E-state index is 0.336. The fourth-order valence-electron chi connectivity index (χ4n) is 2.63. The second-order valence-electron chi connectivity index (χ2n) is 5.17. The van der Waals surface area contributed by atoms with Crippen LogP contribution in [-0.4, -0.2) is 6.29 Å². The first-order valence-corrected chi connectivity index (χ1v) is 5.61. The molecule has 0 N–H and O–H groups in total. The van der Waals surface area contributed by atoms with E-state index in [1.807, 2.05) is 0 Å². The molecule has 80 valence electrons. The first kappa shape index (κ1) is 11.5. The molecular formula is C13H22O. The minimum Gasteiger partial charge on any atom is -0.303 e. The van der Waals surface area contributed by atoms with Gasteiger partial charge in [0.1, 0.15) is 6.29 Å². The summed E-state index contributed by atoms with van der Waals surface area (Å²) in [4.78, 5) is 10.3. The maximum Gasteiger partial charge on any atom is 0.120 e. The van der Waals surface area contributed by atoms with Gasteiger partial charge in [-0.2, -0.15) is 0 Å². The molecule has 1 heteroatoms. The van der Waals surface area contributed by atoms with Gasteiger partial charge in [0.2, 0.25) is 0 Å². The van der Waals surface area contributed by atoms with Crippen LogP contribution in [0.5, 0.6) is 0 Å². The van der Waals surface area contributed by atoms with E-state index in [1.54, 1.807) is 0 Å². The smallest absolute Gasteiger partial charge is 0.120 e. The number of carbonyl (C=O) groups is 1. The molecule has 0 spiro atoms. The predicted octanol–water partition coefficient (Wildman–Crippen LogP) is 3.59. The summed E-state index contributed by atoms with van der Waals surface area (Å²) in [7, 11) is 0. The third-order valence-electron chi connectivity index (χ3n) is 4.05. The number of hydrogen-bond donors (Lipinski definition) is 0. The molecule has 0 aliphatic heterocycles. The van der Waals surface area contributed by atoms with Crippen LogP contribution in [0.3, 0.4) is 0 Å². The molecule has 1 rings (SSSR count). The van der Waals surface area contributed by atoms with E-state index in [9.17, 15) is 4.79 Å². The summed E-state index contributed by atoms with van der Waals surface area (Å²) in [6, 6.07) is 0. The monoisotopic (exact) mass is 194 g/mol. The Morgan fingerprint density at radius 2 is 2.29 bits per heavy atom. The highest BCUT2D eigenvalue weighted by Crippen LogP contribution is 2.47. The van der Waals surface area contributed by atoms with Crippen molar-refractivity contribution in [3.8, 4) is 0 Å². The van der Waals surface area contributed by atoms with Crippen LogP contribution < -0.4 is 0 Å². The molecule has 0 saturated carbocycles. The van der Waals surface area contributed by atoms with Crippen LogP contribution in [0.15, 0.2) is 11.6 Å². The standard InChI is InChI=1S/C13H22O/c1-10(6-5-9-14)12-8-7-11(2)13(12,3)4/h7,9-10,12H,5-6,8H2,1-4H3/t10-,12?/m0/s1. The Balaban J connectivity index is 2.58. The van der Waals surface area contributed by atoms with Crippen LogP contribution >= 0.6 is 0 Å². The van der Waals surface area contributed by atoms with Crippen molar-refractivity contribution >= 4 is 6.29 Å². The molecule has 0 aromatic carbocycles. The number of allylic oxidation sites excluding steroid dienone is 2. The average molecular weight is 194 g/mol. The lowest BCUT2D eigenvalue weighted by molar-refractivity contribution is -0.108. The second-order valence-corrected chi connectivity index (χ2v) is 5.17. The third-order valence-corrected chi connectivity index (χ3v) is 4.05. The molecule has 0 fully saturated rings. The van der Waals surface area contributed by atoms with Crippen molar-refractivity contribution in [2.45, 2.75) is 47.0 Å². The van der Waals surface area contributed by atoms with Gasteiger partial charge in [0.05, 0.1) is 0 Å². The minimum absolute atomic E-state index is 0.336. The van der Waals surface area contributed by atoms with Gasteiger partial charge in [0.25, 0.3) is 0 Å². The molecule has 0 radical (unpaired) electrons. The average Bonchev–Trinajstić information content (AvgIpc) is 2.38. The number of hydrogen-bond acceptors (Lipinski definition) is 1. The topological polar surface area (TPSA) is 17.1 Å². The molecule has 0 aromatic rings. The summed E-state index contributed by atoms with van der Waals surface area (Å²) in [5.74, 6) is 1.38. The number of carbonyl (C=O) groups excluding carboxylic acids is 1. The van der Waals surface area contributed by atoms with Crippen molar-refractivity contribution < 1.29 is 4.79 Å². The highest BCUT2D eigenvalue weighted by molar-refractivity contribution is 5.49. The van der Waals surface area contributed by atoms with Crippen LogP contribution in [0.25, 0.3) is 0 Å². The van der Waals surface area contributed by atoms with Crippen LogP contribution in [0.4, 0.5) is 0 Å². The van der Waals surface area contributed by atoms with Crippen molar-refractivity contribution in [3.05, 3.63) is 11.6 Å². The van der Waals surface area contributed by atoms with Crippen molar-refractivity contribution in [1.29, 1.82) is 0 Å². The normalized spacial score (nSPS) is 27.1. The van der Waals surface area contributed by atoms with Crippen molar-refractivity contribution in [2.75, 3.05) is 0 Å². The zero-order valence-corrected chi connectivity index (χ0v) is 9.84. The molecule has 0 amide bonds. The summed E-state index contributed by atoms with van der Waals surface area (Å²) < 4.78 is 0.